The van der Waals surface area contributed by atoms with E-state index in [4.69, 9.17) is 0 Å². The number of benzene rings is 2. The molecular formula is C24H32IN5O2. The van der Waals surface area contributed by atoms with Crippen LogP contribution in [-0.2, 0) is 11.3 Å². The van der Waals surface area contributed by atoms with E-state index in [0.29, 0.717) is 12.2 Å². The number of rotatable bonds is 6. The zero-order valence-corrected chi connectivity index (χ0v) is 21.0. The highest BCUT2D eigenvalue weighted by Gasteiger charge is 2.18. The van der Waals surface area contributed by atoms with Crippen molar-refractivity contribution in [3.05, 3.63) is 71.8 Å². The first-order valence-electron chi connectivity index (χ1n) is 10.5. The normalized spacial score (nSPS) is 14.7. The van der Waals surface area contributed by atoms with Gasteiger partial charge in [0.15, 0.2) is 5.96 Å². The van der Waals surface area contributed by atoms with Gasteiger partial charge in [-0.15, -0.1) is 24.0 Å². The van der Waals surface area contributed by atoms with Crippen LogP contribution in [-0.4, -0.2) is 68.7 Å². The largest absolute Gasteiger partial charge is 0.453 e. The van der Waals surface area contributed by atoms with Crippen LogP contribution in [0.5, 0.6) is 0 Å². The number of aliphatic imine (C=N–C) groups is 1. The third-order valence-electron chi connectivity index (χ3n) is 5.19. The van der Waals surface area contributed by atoms with Gasteiger partial charge in [0.25, 0.3) is 0 Å². The second-order valence-corrected chi connectivity index (χ2v) is 7.31. The molecule has 1 aliphatic heterocycles. The molecule has 1 aliphatic rings. The molecule has 1 fully saturated rings. The van der Waals surface area contributed by atoms with Crippen LogP contribution in [0.2, 0.25) is 0 Å². The molecule has 1 heterocycles. The Kier molecular flexibility index (Phi) is 11.0. The minimum atomic E-state index is -0.471. The molecule has 0 atom stereocenters. The predicted octanol–water partition coefficient (Wildman–Crippen LogP) is 3.89. The van der Waals surface area contributed by atoms with Gasteiger partial charge in [-0.1, -0.05) is 54.6 Å². The minimum absolute atomic E-state index is 0. The van der Waals surface area contributed by atoms with E-state index in [1.165, 1.54) is 12.7 Å². The number of nitrogens with one attached hydrogen (secondary N) is 2. The van der Waals surface area contributed by atoms with E-state index in [1.807, 2.05) is 37.4 Å². The van der Waals surface area contributed by atoms with Crippen LogP contribution in [0.3, 0.4) is 0 Å². The highest BCUT2D eigenvalue weighted by Crippen LogP contribution is 2.10. The van der Waals surface area contributed by atoms with Crippen LogP contribution < -0.4 is 10.6 Å². The molecule has 0 saturated carbocycles. The Labute approximate surface area is 207 Å². The van der Waals surface area contributed by atoms with E-state index in [1.54, 1.807) is 0 Å². The number of carbonyl (C=O) groups is 1. The number of nitrogens with zero attached hydrogens (tertiary/aromatic N) is 3. The maximum Gasteiger partial charge on any atom is 0.411 e. The van der Waals surface area contributed by atoms with E-state index < -0.39 is 6.09 Å². The molecule has 0 aliphatic carbocycles. The second kappa shape index (κ2) is 13.7. The number of halogens is 1. The Balaban J connectivity index is 0.00000363. The van der Waals surface area contributed by atoms with E-state index in [0.717, 1.165) is 44.2 Å². The van der Waals surface area contributed by atoms with Crippen molar-refractivity contribution in [2.45, 2.75) is 6.54 Å². The van der Waals surface area contributed by atoms with E-state index in [2.05, 4.69) is 66.6 Å². The first-order valence-corrected chi connectivity index (χ1v) is 10.5. The number of guanidine groups is 1. The molecule has 2 aromatic rings. The molecule has 0 spiro atoms. The molecule has 1 amide bonds. The zero-order valence-electron chi connectivity index (χ0n) is 18.7. The molecule has 2 N–H and O–H groups in total. The fourth-order valence-electron chi connectivity index (χ4n) is 3.43. The predicted molar refractivity (Wildman–Crippen MR) is 142 cm³/mol. The van der Waals surface area contributed by atoms with E-state index >= 15 is 0 Å². The molecule has 7 nitrogen and oxygen atoms in total. The van der Waals surface area contributed by atoms with Crippen molar-refractivity contribution in [1.29, 1.82) is 0 Å². The SMILES string of the molecule is CN=C(NCc1ccc(NC(=O)OC)cc1)N1CCN(C/C=C/c2ccccc2)CC1.I. The topological polar surface area (TPSA) is 69.2 Å². The van der Waals surface area contributed by atoms with Crippen molar-refractivity contribution in [3.8, 4) is 0 Å². The number of ether oxygens (including phenoxy) is 1. The van der Waals surface area contributed by atoms with Gasteiger partial charge >= 0.3 is 6.09 Å². The summed E-state index contributed by atoms with van der Waals surface area (Å²) in [7, 11) is 3.17. The molecule has 0 aromatic heterocycles. The summed E-state index contributed by atoms with van der Waals surface area (Å²) in [5.41, 5.74) is 3.05. The third-order valence-corrected chi connectivity index (χ3v) is 5.19. The average molecular weight is 549 g/mol. The molecule has 0 unspecified atom stereocenters. The molecule has 172 valence electrons. The summed E-state index contributed by atoms with van der Waals surface area (Å²) >= 11 is 0. The number of anilines is 1. The van der Waals surface area contributed by atoms with Crippen molar-refractivity contribution in [3.63, 3.8) is 0 Å². The molecule has 0 radical (unpaired) electrons. The van der Waals surface area contributed by atoms with Gasteiger partial charge in [0, 0.05) is 52.0 Å². The van der Waals surface area contributed by atoms with Crippen molar-refractivity contribution >= 4 is 47.8 Å². The highest BCUT2D eigenvalue weighted by molar-refractivity contribution is 14.0. The number of carbonyl (C=O) groups excluding carboxylic acids is 1. The molecule has 32 heavy (non-hydrogen) atoms. The minimum Gasteiger partial charge on any atom is -0.453 e. The van der Waals surface area contributed by atoms with Crippen LogP contribution >= 0.6 is 24.0 Å². The maximum atomic E-state index is 11.3. The number of hydrogen-bond acceptors (Lipinski definition) is 4. The smallest absolute Gasteiger partial charge is 0.411 e. The van der Waals surface area contributed by atoms with Crippen LogP contribution in [0.25, 0.3) is 6.08 Å². The average Bonchev–Trinajstić information content (AvgIpc) is 2.82. The van der Waals surface area contributed by atoms with Crippen LogP contribution in [0.15, 0.2) is 65.7 Å². The maximum absolute atomic E-state index is 11.3. The van der Waals surface area contributed by atoms with Gasteiger partial charge < -0.3 is 15.0 Å². The summed E-state index contributed by atoms with van der Waals surface area (Å²) in [6, 6.07) is 18.1. The number of amides is 1. The monoisotopic (exact) mass is 549 g/mol. The molecule has 3 rings (SSSR count). The lowest BCUT2D eigenvalue weighted by atomic mass is 10.2. The number of methoxy groups -OCH3 is 1. The quantitative estimate of drug-likeness (QED) is 0.325. The van der Waals surface area contributed by atoms with Crippen LogP contribution in [0.4, 0.5) is 10.5 Å². The third kappa shape index (κ3) is 8.16. The fraction of sp³-hybridized carbons (Fsp3) is 0.333. The molecule has 1 saturated heterocycles. The summed E-state index contributed by atoms with van der Waals surface area (Å²) in [4.78, 5) is 20.5. The lowest BCUT2D eigenvalue weighted by molar-refractivity contribution is 0.187. The lowest BCUT2D eigenvalue weighted by Crippen LogP contribution is -2.52. The van der Waals surface area contributed by atoms with Crippen molar-refractivity contribution in [1.82, 2.24) is 15.1 Å². The molecular weight excluding hydrogens is 517 g/mol. The van der Waals surface area contributed by atoms with E-state index in [-0.39, 0.29) is 24.0 Å². The van der Waals surface area contributed by atoms with Crippen molar-refractivity contribution < 1.29 is 9.53 Å². The van der Waals surface area contributed by atoms with Gasteiger partial charge in [-0.3, -0.25) is 15.2 Å². The Hall–Kier alpha value is -2.59. The fourth-order valence-corrected chi connectivity index (χ4v) is 3.43. The number of hydrogen-bond donors (Lipinski definition) is 2. The molecule has 8 heteroatoms. The first-order chi connectivity index (χ1) is 15.2. The first kappa shape index (κ1) is 25.7. The van der Waals surface area contributed by atoms with Gasteiger partial charge in [-0.05, 0) is 23.3 Å². The zero-order chi connectivity index (χ0) is 21.9. The summed E-state index contributed by atoms with van der Waals surface area (Å²) in [5, 5.41) is 6.09. The summed E-state index contributed by atoms with van der Waals surface area (Å²) < 4.78 is 4.60. The highest BCUT2D eigenvalue weighted by atomic mass is 127. The molecule has 2 aromatic carbocycles. The van der Waals surface area contributed by atoms with Gasteiger partial charge in [0.1, 0.15) is 0 Å². The Morgan fingerprint density at radius 1 is 1.06 bits per heavy atom. The summed E-state index contributed by atoms with van der Waals surface area (Å²) in [6.45, 7) is 5.54. The number of piperazine rings is 1. The van der Waals surface area contributed by atoms with Crippen molar-refractivity contribution in [2.24, 2.45) is 4.99 Å². The summed E-state index contributed by atoms with van der Waals surface area (Å²) in [5.74, 6) is 0.913. The van der Waals surface area contributed by atoms with Gasteiger partial charge in [0.2, 0.25) is 0 Å². The second-order valence-electron chi connectivity index (χ2n) is 7.31. The summed E-state index contributed by atoms with van der Waals surface area (Å²) in [6.07, 6.45) is 3.94. The van der Waals surface area contributed by atoms with Gasteiger partial charge in [0.05, 0.1) is 7.11 Å². The molecule has 0 bridgehead atoms. The Morgan fingerprint density at radius 2 is 1.75 bits per heavy atom. The van der Waals surface area contributed by atoms with Gasteiger partial charge in [-0.25, -0.2) is 4.79 Å². The Bertz CT molecular complexity index is 879. The van der Waals surface area contributed by atoms with Gasteiger partial charge in [-0.2, -0.15) is 0 Å². The van der Waals surface area contributed by atoms with E-state index in [9.17, 15) is 4.79 Å². The van der Waals surface area contributed by atoms with Crippen LogP contribution in [0, 0.1) is 0 Å². The Morgan fingerprint density at radius 3 is 2.38 bits per heavy atom. The standard InChI is InChI=1S/C24H31N5O2.HI/c1-25-23(26-19-21-10-12-22(13-11-21)27-24(30)31-2)29-17-15-28(16-18-29)14-6-9-20-7-4-3-5-8-20;/h3-13H,14-19H2,1-2H3,(H,25,26)(H,27,30);1H/b9-6+;. The van der Waals surface area contributed by atoms with Crippen molar-refractivity contribution in [2.75, 3.05) is 52.2 Å². The lowest BCUT2D eigenvalue weighted by Gasteiger charge is -2.36. The van der Waals surface area contributed by atoms with Crippen LogP contribution in [0.1, 0.15) is 11.1 Å².